The SMILES string of the molecule is CC(C)C#CCS. The van der Waals surface area contributed by atoms with Crippen molar-refractivity contribution in [2.45, 2.75) is 13.8 Å². The molecule has 0 heterocycles. The fourth-order valence-corrected chi connectivity index (χ4v) is 0.341. The minimum Gasteiger partial charge on any atom is -0.166 e. The predicted octanol–water partition coefficient (Wildman–Crippen LogP) is 1.58. The van der Waals surface area contributed by atoms with Gasteiger partial charge in [0, 0.05) is 5.92 Å². The van der Waals surface area contributed by atoms with E-state index in [9.17, 15) is 0 Å². The molecule has 0 nitrogen and oxygen atoms in total. The van der Waals surface area contributed by atoms with E-state index in [1.807, 2.05) is 0 Å². The molecule has 0 aromatic heterocycles. The largest absolute Gasteiger partial charge is 0.166 e. The third-order valence-electron chi connectivity index (χ3n) is 0.470. The molecule has 0 spiro atoms. The summed E-state index contributed by atoms with van der Waals surface area (Å²) in [4.78, 5) is 0. The van der Waals surface area contributed by atoms with Gasteiger partial charge in [-0.15, -0.1) is 0 Å². The lowest BCUT2D eigenvalue weighted by Gasteiger charge is -1.83. The molecular weight excluding hydrogens is 104 g/mol. The van der Waals surface area contributed by atoms with Gasteiger partial charge in [-0.3, -0.25) is 0 Å². The van der Waals surface area contributed by atoms with Crippen LogP contribution < -0.4 is 0 Å². The zero-order valence-corrected chi connectivity index (χ0v) is 5.63. The summed E-state index contributed by atoms with van der Waals surface area (Å²) in [5.74, 6) is 7.00. The first-order chi connectivity index (χ1) is 3.27. The van der Waals surface area contributed by atoms with Crippen LogP contribution in [0, 0.1) is 17.8 Å². The number of rotatable bonds is 0. The zero-order valence-electron chi connectivity index (χ0n) is 4.73. The Balaban J connectivity index is 3.24. The fourth-order valence-electron chi connectivity index (χ4n) is 0.250. The topological polar surface area (TPSA) is 0 Å². The Morgan fingerprint density at radius 2 is 2.14 bits per heavy atom. The molecule has 0 N–H and O–H groups in total. The Bertz CT molecular complexity index is 84.1. The molecule has 40 valence electrons. The minimum absolute atomic E-state index is 0.493. The summed E-state index contributed by atoms with van der Waals surface area (Å²) in [5.41, 5.74) is 0. The summed E-state index contributed by atoms with van der Waals surface area (Å²) >= 11 is 3.92. The highest BCUT2D eigenvalue weighted by Gasteiger charge is 1.77. The molecule has 0 unspecified atom stereocenters. The van der Waals surface area contributed by atoms with Crippen LogP contribution in [-0.4, -0.2) is 5.75 Å². The van der Waals surface area contributed by atoms with Crippen molar-refractivity contribution in [1.29, 1.82) is 0 Å². The number of thiol groups is 1. The predicted molar refractivity (Wildman–Crippen MR) is 36.5 cm³/mol. The molecule has 0 rings (SSSR count). The van der Waals surface area contributed by atoms with Crippen LogP contribution in [-0.2, 0) is 0 Å². The Morgan fingerprint density at radius 1 is 1.57 bits per heavy atom. The van der Waals surface area contributed by atoms with Crippen molar-refractivity contribution in [2.75, 3.05) is 5.75 Å². The first-order valence-electron chi connectivity index (χ1n) is 2.36. The van der Waals surface area contributed by atoms with E-state index in [-0.39, 0.29) is 0 Å². The van der Waals surface area contributed by atoms with Crippen LogP contribution in [0.1, 0.15) is 13.8 Å². The van der Waals surface area contributed by atoms with Gasteiger partial charge in [-0.05, 0) is 0 Å². The van der Waals surface area contributed by atoms with Crippen molar-refractivity contribution in [2.24, 2.45) is 5.92 Å². The van der Waals surface area contributed by atoms with Gasteiger partial charge in [0.05, 0.1) is 5.75 Å². The van der Waals surface area contributed by atoms with Gasteiger partial charge in [0.25, 0.3) is 0 Å². The van der Waals surface area contributed by atoms with Crippen molar-refractivity contribution in [3.8, 4) is 11.8 Å². The molecule has 0 saturated carbocycles. The van der Waals surface area contributed by atoms with Gasteiger partial charge < -0.3 is 0 Å². The lowest BCUT2D eigenvalue weighted by atomic mass is 10.2. The summed E-state index contributed by atoms with van der Waals surface area (Å²) in [6.45, 7) is 4.13. The monoisotopic (exact) mass is 114 g/mol. The molecule has 0 atom stereocenters. The number of hydrogen-bond donors (Lipinski definition) is 1. The highest BCUT2D eigenvalue weighted by atomic mass is 32.1. The van der Waals surface area contributed by atoms with Gasteiger partial charge in [-0.2, -0.15) is 12.6 Å². The molecule has 0 aromatic rings. The zero-order chi connectivity index (χ0) is 5.70. The van der Waals surface area contributed by atoms with E-state index < -0.39 is 0 Å². The van der Waals surface area contributed by atoms with Crippen molar-refractivity contribution in [1.82, 2.24) is 0 Å². The first kappa shape index (κ1) is 6.91. The Kier molecular flexibility index (Phi) is 4.03. The van der Waals surface area contributed by atoms with E-state index in [0.29, 0.717) is 11.7 Å². The first-order valence-corrected chi connectivity index (χ1v) is 3.00. The van der Waals surface area contributed by atoms with Crippen molar-refractivity contribution in [3.05, 3.63) is 0 Å². The van der Waals surface area contributed by atoms with E-state index in [0.717, 1.165) is 0 Å². The Labute approximate surface area is 50.7 Å². The van der Waals surface area contributed by atoms with Crippen LogP contribution >= 0.6 is 12.6 Å². The Morgan fingerprint density at radius 3 is 2.29 bits per heavy atom. The quantitative estimate of drug-likeness (QED) is 0.359. The minimum atomic E-state index is 0.493. The molecule has 0 fully saturated rings. The molecule has 0 radical (unpaired) electrons. The van der Waals surface area contributed by atoms with E-state index in [4.69, 9.17) is 0 Å². The van der Waals surface area contributed by atoms with Crippen LogP contribution in [0.5, 0.6) is 0 Å². The fraction of sp³-hybridized carbons (Fsp3) is 0.667. The second-order valence-corrected chi connectivity index (χ2v) is 1.95. The van der Waals surface area contributed by atoms with Crippen LogP contribution in [0.2, 0.25) is 0 Å². The van der Waals surface area contributed by atoms with Crippen LogP contribution in [0.3, 0.4) is 0 Å². The second kappa shape index (κ2) is 4.08. The van der Waals surface area contributed by atoms with E-state index in [1.54, 1.807) is 0 Å². The maximum absolute atomic E-state index is 3.92. The van der Waals surface area contributed by atoms with E-state index >= 15 is 0 Å². The molecule has 7 heavy (non-hydrogen) atoms. The second-order valence-electron chi connectivity index (χ2n) is 1.63. The molecule has 0 amide bonds. The third kappa shape index (κ3) is 5.91. The normalized spacial score (nSPS) is 8.00. The van der Waals surface area contributed by atoms with Gasteiger partial charge in [-0.1, -0.05) is 25.7 Å². The maximum atomic E-state index is 3.92. The molecular formula is C6H10S. The van der Waals surface area contributed by atoms with Crippen molar-refractivity contribution >= 4 is 12.6 Å². The van der Waals surface area contributed by atoms with Crippen molar-refractivity contribution < 1.29 is 0 Å². The summed E-state index contributed by atoms with van der Waals surface area (Å²) in [7, 11) is 0. The Hall–Kier alpha value is -0.0900. The molecule has 0 saturated heterocycles. The molecule has 1 heteroatoms. The summed E-state index contributed by atoms with van der Waals surface area (Å²) in [6, 6.07) is 0. The van der Waals surface area contributed by atoms with Crippen LogP contribution in [0.15, 0.2) is 0 Å². The van der Waals surface area contributed by atoms with Crippen LogP contribution in [0.25, 0.3) is 0 Å². The summed E-state index contributed by atoms with van der Waals surface area (Å²) in [5, 5.41) is 0. The average Bonchev–Trinajstić information content (AvgIpc) is 1.61. The lowest BCUT2D eigenvalue weighted by molar-refractivity contribution is 0.866. The molecule has 0 aliphatic carbocycles. The molecule has 0 aromatic carbocycles. The highest BCUT2D eigenvalue weighted by molar-refractivity contribution is 7.80. The standard InChI is InChI=1S/C6H10S/c1-6(2)4-3-5-7/h6-7H,5H2,1-2H3. The van der Waals surface area contributed by atoms with Gasteiger partial charge in [0.15, 0.2) is 0 Å². The lowest BCUT2D eigenvalue weighted by Crippen LogP contribution is -1.76. The average molecular weight is 114 g/mol. The van der Waals surface area contributed by atoms with Gasteiger partial charge in [-0.25, -0.2) is 0 Å². The van der Waals surface area contributed by atoms with Gasteiger partial charge in [0.2, 0.25) is 0 Å². The third-order valence-corrected chi connectivity index (χ3v) is 0.628. The van der Waals surface area contributed by atoms with E-state index in [2.05, 4.69) is 38.3 Å². The van der Waals surface area contributed by atoms with Crippen LogP contribution in [0.4, 0.5) is 0 Å². The summed E-state index contributed by atoms with van der Waals surface area (Å²) < 4.78 is 0. The molecule has 0 bridgehead atoms. The maximum Gasteiger partial charge on any atom is 0.0517 e. The highest BCUT2D eigenvalue weighted by Crippen LogP contribution is 1.84. The number of hydrogen-bond acceptors (Lipinski definition) is 1. The summed E-state index contributed by atoms with van der Waals surface area (Å²) in [6.07, 6.45) is 0. The van der Waals surface area contributed by atoms with Gasteiger partial charge in [0.1, 0.15) is 0 Å². The molecule has 0 aliphatic rings. The smallest absolute Gasteiger partial charge is 0.0517 e. The van der Waals surface area contributed by atoms with Gasteiger partial charge >= 0.3 is 0 Å². The van der Waals surface area contributed by atoms with E-state index in [1.165, 1.54) is 0 Å². The van der Waals surface area contributed by atoms with Crippen molar-refractivity contribution in [3.63, 3.8) is 0 Å². The molecule has 0 aliphatic heterocycles.